The topological polar surface area (TPSA) is 69.3 Å². The monoisotopic (exact) mass is 353 g/mol. The first-order chi connectivity index (χ1) is 11.1. The van der Waals surface area contributed by atoms with Crippen molar-refractivity contribution in [1.82, 2.24) is 9.88 Å². The van der Waals surface area contributed by atoms with Crippen LogP contribution in [0.5, 0.6) is 0 Å². The highest BCUT2D eigenvalue weighted by Crippen LogP contribution is 2.27. The fourth-order valence-corrected chi connectivity index (χ4v) is 3.77. The van der Waals surface area contributed by atoms with E-state index < -0.39 is 5.82 Å². The number of para-hydroxylation sites is 1. The van der Waals surface area contributed by atoms with Gasteiger partial charge < -0.3 is 15.8 Å². The summed E-state index contributed by atoms with van der Waals surface area (Å²) in [6.07, 6.45) is 1.98. The molecule has 122 valence electrons. The third-order valence-corrected chi connectivity index (χ3v) is 5.05. The number of nitrogens with two attached hydrogens (primary N) is 1. The molecule has 1 aliphatic heterocycles. The van der Waals surface area contributed by atoms with E-state index in [4.69, 9.17) is 22.7 Å². The lowest BCUT2D eigenvalue weighted by Crippen LogP contribution is -2.31. The summed E-state index contributed by atoms with van der Waals surface area (Å²) in [5.74, 6) is -0.612. The fourth-order valence-electron chi connectivity index (χ4n) is 2.50. The maximum atomic E-state index is 14.0. The van der Waals surface area contributed by atoms with Gasteiger partial charge in [-0.3, -0.25) is 9.36 Å². The van der Waals surface area contributed by atoms with Gasteiger partial charge in [0.25, 0.3) is 5.91 Å². The van der Waals surface area contributed by atoms with E-state index in [1.807, 2.05) is 0 Å². The molecule has 1 atom stereocenters. The molecular weight excluding hydrogens is 337 g/mol. The SMILES string of the molecule is Nc1c(C(=O)NCC2CCCO2)sc(=S)n1-c1ccccc1F. The molecule has 1 amide bonds. The van der Waals surface area contributed by atoms with Gasteiger partial charge in [-0.2, -0.15) is 0 Å². The predicted octanol–water partition coefficient (Wildman–Crippen LogP) is 2.90. The molecule has 2 heterocycles. The summed E-state index contributed by atoms with van der Waals surface area (Å²) in [7, 11) is 0. The number of thiazole rings is 1. The Morgan fingerprint density at radius 1 is 1.52 bits per heavy atom. The number of amides is 1. The largest absolute Gasteiger partial charge is 0.383 e. The van der Waals surface area contributed by atoms with Gasteiger partial charge in [0.1, 0.15) is 16.5 Å². The summed E-state index contributed by atoms with van der Waals surface area (Å²) >= 11 is 6.31. The van der Waals surface area contributed by atoms with E-state index in [0.29, 0.717) is 10.5 Å². The van der Waals surface area contributed by atoms with Crippen molar-refractivity contribution in [2.24, 2.45) is 0 Å². The van der Waals surface area contributed by atoms with Crippen LogP contribution in [0.3, 0.4) is 0 Å². The normalized spacial score (nSPS) is 17.3. The van der Waals surface area contributed by atoms with E-state index in [0.717, 1.165) is 30.8 Å². The highest BCUT2D eigenvalue weighted by atomic mass is 32.1. The number of anilines is 1. The van der Waals surface area contributed by atoms with E-state index in [9.17, 15) is 9.18 Å². The van der Waals surface area contributed by atoms with Crippen LogP contribution in [0.2, 0.25) is 0 Å². The molecule has 1 aromatic heterocycles. The first kappa shape index (κ1) is 16.1. The van der Waals surface area contributed by atoms with Crippen molar-refractivity contribution < 1.29 is 13.9 Å². The minimum absolute atomic E-state index is 0.0433. The van der Waals surface area contributed by atoms with Gasteiger partial charge in [0.05, 0.1) is 11.8 Å². The standard InChI is InChI=1S/C15H16FN3O2S2/c16-10-5-1-2-6-11(10)19-13(17)12(23-15(19)22)14(20)18-8-9-4-3-7-21-9/h1-2,5-6,9H,3-4,7-8,17H2,(H,18,20). The van der Waals surface area contributed by atoms with E-state index in [2.05, 4.69) is 5.32 Å². The van der Waals surface area contributed by atoms with Gasteiger partial charge in [0.15, 0.2) is 3.95 Å². The highest BCUT2D eigenvalue weighted by molar-refractivity contribution is 7.73. The molecule has 0 spiro atoms. The Morgan fingerprint density at radius 2 is 2.30 bits per heavy atom. The molecule has 0 aliphatic carbocycles. The number of carbonyl (C=O) groups excluding carboxylic acids is 1. The second-order valence-corrected chi connectivity index (χ2v) is 6.86. The first-order valence-corrected chi connectivity index (χ1v) is 8.46. The van der Waals surface area contributed by atoms with Crippen LogP contribution in [0.1, 0.15) is 22.5 Å². The summed E-state index contributed by atoms with van der Waals surface area (Å²) in [6, 6.07) is 6.17. The zero-order chi connectivity index (χ0) is 16.4. The zero-order valence-electron chi connectivity index (χ0n) is 12.3. The van der Waals surface area contributed by atoms with Crippen molar-refractivity contribution in [3.8, 4) is 5.69 Å². The molecule has 1 fully saturated rings. The van der Waals surface area contributed by atoms with Gasteiger partial charge in [-0.25, -0.2) is 4.39 Å². The minimum atomic E-state index is -0.445. The maximum Gasteiger partial charge on any atom is 0.265 e. The van der Waals surface area contributed by atoms with Crippen molar-refractivity contribution >= 4 is 35.3 Å². The Labute approximate surface area is 141 Å². The number of benzene rings is 1. The van der Waals surface area contributed by atoms with Crippen molar-refractivity contribution in [2.45, 2.75) is 18.9 Å². The minimum Gasteiger partial charge on any atom is -0.383 e. The highest BCUT2D eigenvalue weighted by Gasteiger charge is 2.21. The van der Waals surface area contributed by atoms with E-state index in [1.54, 1.807) is 18.2 Å². The van der Waals surface area contributed by atoms with Crippen molar-refractivity contribution in [3.63, 3.8) is 0 Å². The Kier molecular flexibility index (Phi) is 4.74. The van der Waals surface area contributed by atoms with Gasteiger partial charge >= 0.3 is 0 Å². The lowest BCUT2D eigenvalue weighted by molar-refractivity contribution is 0.0861. The fraction of sp³-hybridized carbons (Fsp3) is 0.333. The smallest absolute Gasteiger partial charge is 0.265 e. The molecule has 8 heteroatoms. The van der Waals surface area contributed by atoms with E-state index >= 15 is 0 Å². The summed E-state index contributed by atoms with van der Waals surface area (Å²) in [4.78, 5) is 12.6. The van der Waals surface area contributed by atoms with Crippen LogP contribution in [-0.2, 0) is 4.74 Å². The van der Waals surface area contributed by atoms with Gasteiger partial charge in [0.2, 0.25) is 0 Å². The molecule has 0 saturated carbocycles. The number of ether oxygens (including phenoxy) is 1. The summed E-state index contributed by atoms with van der Waals surface area (Å²) in [6.45, 7) is 1.16. The lowest BCUT2D eigenvalue weighted by atomic mass is 10.2. The van der Waals surface area contributed by atoms with Gasteiger partial charge in [0, 0.05) is 13.2 Å². The molecule has 3 N–H and O–H groups in total. The molecule has 23 heavy (non-hydrogen) atoms. The Bertz CT molecular complexity index is 781. The molecule has 1 aliphatic rings. The van der Waals surface area contributed by atoms with Gasteiger partial charge in [-0.05, 0) is 37.2 Å². The Morgan fingerprint density at radius 3 is 3.00 bits per heavy atom. The molecule has 5 nitrogen and oxygen atoms in total. The van der Waals surface area contributed by atoms with Gasteiger partial charge in [-0.15, -0.1) is 0 Å². The third kappa shape index (κ3) is 3.29. The third-order valence-electron chi connectivity index (χ3n) is 3.66. The molecule has 0 radical (unpaired) electrons. The quantitative estimate of drug-likeness (QED) is 0.830. The average Bonchev–Trinajstić information content (AvgIpc) is 3.14. The number of carbonyl (C=O) groups is 1. The molecule has 3 rings (SSSR count). The van der Waals surface area contributed by atoms with Gasteiger partial charge in [-0.1, -0.05) is 23.5 Å². The number of hydrogen-bond acceptors (Lipinski definition) is 5. The summed E-state index contributed by atoms with van der Waals surface area (Å²) in [5, 5.41) is 2.80. The van der Waals surface area contributed by atoms with Crippen molar-refractivity contribution in [1.29, 1.82) is 0 Å². The predicted molar refractivity (Wildman–Crippen MR) is 90.2 cm³/mol. The second-order valence-electron chi connectivity index (χ2n) is 5.21. The number of nitrogens with zero attached hydrogens (tertiary/aromatic N) is 1. The van der Waals surface area contributed by atoms with E-state index in [1.165, 1.54) is 10.6 Å². The van der Waals surface area contributed by atoms with Crippen LogP contribution < -0.4 is 11.1 Å². The number of aromatic nitrogens is 1. The maximum absolute atomic E-state index is 14.0. The molecule has 1 saturated heterocycles. The number of nitrogen functional groups attached to an aromatic ring is 1. The average molecular weight is 353 g/mol. The Hall–Kier alpha value is -1.77. The second kappa shape index (κ2) is 6.77. The lowest BCUT2D eigenvalue weighted by Gasteiger charge is -2.11. The summed E-state index contributed by atoms with van der Waals surface area (Å²) in [5.41, 5.74) is 6.28. The van der Waals surface area contributed by atoms with Crippen molar-refractivity contribution in [3.05, 3.63) is 38.9 Å². The van der Waals surface area contributed by atoms with Crippen LogP contribution in [0, 0.1) is 9.77 Å². The molecule has 1 aromatic carbocycles. The number of rotatable bonds is 4. The summed E-state index contributed by atoms with van der Waals surface area (Å²) < 4.78 is 21.1. The van der Waals surface area contributed by atoms with Crippen LogP contribution in [-0.4, -0.2) is 29.7 Å². The number of nitrogens with one attached hydrogen (secondary N) is 1. The van der Waals surface area contributed by atoms with Crippen LogP contribution in [0.4, 0.5) is 10.2 Å². The van der Waals surface area contributed by atoms with Crippen LogP contribution in [0.25, 0.3) is 5.69 Å². The van der Waals surface area contributed by atoms with E-state index in [-0.39, 0.29) is 28.4 Å². The molecular formula is C15H16FN3O2S2. The zero-order valence-corrected chi connectivity index (χ0v) is 13.9. The molecule has 0 bridgehead atoms. The first-order valence-electron chi connectivity index (χ1n) is 7.24. The van der Waals surface area contributed by atoms with Crippen LogP contribution in [0.15, 0.2) is 24.3 Å². The number of halogens is 1. The van der Waals surface area contributed by atoms with Crippen LogP contribution >= 0.6 is 23.6 Å². The number of hydrogen-bond donors (Lipinski definition) is 2. The molecule has 1 unspecified atom stereocenters. The Balaban J connectivity index is 1.84. The van der Waals surface area contributed by atoms with Crippen molar-refractivity contribution in [2.75, 3.05) is 18.9 Å². The molecule has 2 aromatic rings.